The highest BCUT2D eigenvalue weighted by Crippen LogP contribution is 2.40. The van der Waals surface area contributed by atoms with Crippen molar-refractivity contribution in [3.05, 3.63) is 139 Å². The number of benzene rings is 5. The summed E-state index contributed by atoms with van der Waals surface area (Å²) in [7, 11) is 0. The molecule has 41 heavy (non-hydrogen) atoms. The summed E-state index contributed by atoms with van der Waals surface area (Å²) in [5.41, 5.74) is 11.6. The molecule has 0 saturated heterocycles. The second kappa shape index (κ2) is 11.8. The minimum absolute atomic E-state index is 0.732. The van der Waals surface area contributed by atoms with E-state index in [0.717, 1.165) is 11.8 Å². The summed E-state index contributed by atoms with van der Waals surface area (Å²) in [6, 6.07) is 47.4. The zero-order valence-electron chi connectivity index (χ0n) is 23.9. The molecule has 7 rings (SSSR count). The third-order valence-corrected chi connectivity index (χ3v) is 9.41. The van der Waals surface area contributed by atoms with Crippen molar-refractivity contribution in [3.63, 3.8) is 0 Å². The average Bonchev–Trinajstić information content (AvgIpc) is 3.79. The van der Waals surface area contributed by atoms with Crippen LogP contribution < -0.4 is 4.90 Å². The molecule has 0 amide bonds. The topological polar surface area (TPSA) is 3.24 Å². The molecule has 0 aliphatic heterocycles. The van der Waals surface area contributed by atoms with Gasteiger partial charge >= 0.3 is 0 Å². The van der Waals surface area contributed by atoms with Gasteiger partial charge in [0.2, 0.25) is 0 Å². The predicted molar refractivity (Wildman–Crippen MR) is 174 cm³/mol. The van der Waals surface area contributed by atoms with Gasteiger partial charge < -0.3 is 4.90 Å². The lowest BCUT2D eigenvalue weighted by molar-refractivity contribution is 0.723. The van der Waals surface area contributed by atoms with Crippen LogP contribution in [0.5, 0.6) is 0 Å². The molecule has 1 nitrogen and oxygen atoms in total. The first-order valence-corrected chi connectivity index (χ1v) is 15.6. The highest BCUT2D eigenvalue weighted by atomic mass is 15.1. The molecule has 2 aliphatic carbocycles. The molecule has 0 aromatic heterocycles. The molecule has 2 saturated carbocycles. The lowest BCUT2D eigenvalue weighted by Gasteiger charge is -2.27. The van der Waals surface area contributed by atoms with Crippen molar-refractivity contribution < 1.29 is 0 Å². The third kappa shape index (κ3) is 5.59. The predicted octanol–water partition coefficient (Wildman–Crippen LogP) is 11.8. The maximum absolute atomic E-state index is 2.42. The molecule has 0 heterocycles. The van der Waals surface area contributed by atoms with Gasteiger partial charge in [-0.25, -0.2) is 0 Å². The first-order chi connectivity index (χ1) is 20.3. The van der Waals surface area contributed by atoms with E-state index in [1.807, 2.05) is 0 Å². The van der Waals surface area contributed by atoms with Crippen LogP contribution in [0.2, 0.25) is 0 Å². The summed E-state index contributed by atoms with van der Waals surface area (Å²) < 4.78 is 0. The van der Waals surface area contributed by atoms with Gasteiger partial charge in [0.05, 0.1) is 0 Å². The smallest absolute Gasteiger partial charge is 0.0462 e. The van der Waals surface area contributed by atoms with Crippen LogP contribution in [0, 0.1) is 0 Å². The van der Waals surface area contributed by atoms with E-state index in [1.54, 1.807) is 0 Å². The summed E-state index contributed by atoms with van der Waals surface area (Å²) >= 11 is 0. The van der Waals surface area contributed by atoms with Crippen LogP contribution in [-0.2, 0) is 0 Å². The number of rotatable bonds is 7. The molecule has 0 atom stereocenters. The Bertz CT molecular complexity index is 1480. The van der Waals surface area contributed by atoms with Crippen LogP contribution in [0.4, 0.5) is 17.1 Å². The average molecular weight is 534 g/mol. The lowest BCUT2D eigenvalue weighted by Crippen LogP contribution is -2.10. The minimum atomic E-state index is 0.732. The SMILES string of the molecule is c1ccc(-c2ccc(-c3ccc(N(c4ccc(C5CCCC5)cc4)c4ccc(C5CCCC5)cc4)cc3)cc2)cc1. The molecule has 5 aromatic carbocycles. The van der Waals surface area contributed by atoms with Gasteiger partial charge in [-0.2, -0.15) is 0 Å². The number of hydrogen-bond donors (Lipinski definition) is 0. The molecule has 0 spiro atoms. The Morgan fingerprint density at radius 3 is 1.05 bits per heavy atom. The molecule has 2 fully saturated rings. The van der Waals surface area contributed by atoms with E-state index in [1.165, 1.54) is 102 Å². The van der Waals surface area contributed by atoms with E-state index in [-0.39, 0.29) is 0 Å². The molecule has 204 valence electrons. The summed E-state index contributed by atoms with van der Waals surface area (Å²) in [5.74, 6) is 1.46. The Hall–Kier alpha value is -4.10. The second-order valence-electron chi connectivity index (χ2n) is 12.0. The second-order valence-corrected chi connectivity index (χ2v) is 12.0. The molecule has 0 radical (unpaired) electrons. The number of nitrogens with zero attached hydrogens (tertiary/aromatic N) is 1. The summed E-state index contributed by atoms with van der Waals surface area (Å²) in [6.45, 7) is 0. The van der Waals surface area contributed by atoms with E-state index >= 15 is 0 Å². The zero-order chi connectivity index (χ0) is 27.4. The van der Waals surface area contributed by atoms with E-state index in [2.05, 4.69) is 132 Å². The van der Waals surface area contributed by atoms with Gasteiger partial charge in [0.15, 0.2) is 0 Å². The van der Waals surface area contributed by atoms with Crippen molar-refractivity contribution >= 4 is 17.1 Å². The molecule has 5 aromatic rings. The van der Waals surface area contributed by atoms with Crippen molar-refractivity contribution in [3.8, 4) is 22.3 Å². The maximum Gasteiger partial charge on any atom is 0.0462 e. The Balaban J connectivity index is 1.18. The Labute approximate surface area is 245 Å². The van der Waals surface area contributed by atoms with E-state index in [9.17, 15) is 0 Å². The Morgan fingerprint density at radius 1 is 0.341 bits per heavy atom. The van der Waals surface area contributed by atoms with E-state index in [0.29, 0.717) is 0 Å². The quantitative estimate of drug-likeness (QED) is 0.201. The zero-order valence-corrected chi connectivity index (χ0v) is 23.9. The number of hydrogen-bond acceptors (Lipinski definition) is 1. The van der Waals surface area contributed by atoms with Crippen LogP contribution in [-0.4, -0.2) is 0 Å². The van der Waals surface area contributed by atoms with Crippen molar-refractivity contribution in [2.75, 3.05) is 4.90 Å². The molecule has 2 aliphatic rings. The fraction of sp³-hybridized carbons (Fsp3) is 0.250. The fourth-order valence-corrected chi connectivity index (χ4v) is 7.05. The molecule has 0 N–H and O–H groups in total. The van der Waals surface area contributed by atoms with Gasteiger partial charge in [0, 0.05) is 17.1 Å². The molecular weight excluding hydrogens is 494 g/mol. The first kappa shape index (κ1) is 25.8. The largest absolute Gasteiger partial charge is 0.311 e. The summed E-state index contributed by atoms with van der Waals surface area (Å²) in [6.07, 6.45) is 10.8. The van der Waals surface area contributed by atoms with E-state index < -0.39 is 0 Å². The van der Waals surface area contributed by atoms with Gasteiger partial charge in [-0.3, -0.25) is 0 Å². The number of anilines is 3. The standard InChI is InChI=1S/C40H39N/c1-2-8-30(9-3-1)33-14-16-34(17-15-33)37-22-28-40(29-23-37)41(38-24-18-35(19-25-38)31-10-4-5-11-31)39-26-20-36(21-27-39)32-12-6-7-13-32/h1-3,8-9,14-29,31-32H,4-7,10-13H2. The van der Waals surface area contributed by atoms with Crippen molar-refractivity contribution in [2.45, 2.75) is 63.2 Å². The summed E-state index contributed by atoms with van der Waals surface area (Å²) in [5, 5.41) is 0. The molecular formula is C40H39N. The van der Waals surface area contributed by atoms with Gasteiger partial charge in [0.25, 0.3) is 0 Å². The molecule has 0 bridgehead atoms. The van der Waals surface area contributed by atoms with Gasteiger partial charge in [-0.15, -0.1) is 0 Å². The minimum Gasteiger partial charge on any atom is -0.311 e. The Morgan fingerprint density at radius 2 is 0.659 bits per heavy atom. The van der Waals surface area contributed by atoms with Crippen molar-refractivity contribution in [1.29, 1.82) is 0 Å². The van der Waals surface area contributed by atoms with Gasteiger partial charge in [-0.1, -0.05) is 117 Å². The van der Waals surface area contributed by atoms with E-state index in [4.69, 9.17) is 0 Å². The van der Waals surface area contributed by atoms with Crippen molar-refractivity contribution in [2.24, 2.45) is 0 Å². The first-order valence-electron chi connectivity index (χ1n) is 15.6. The highest BCUT2D eigenvalue weighted by molar-refractivity contribution is 5.79. The highest BCUT2D eigenvalue weighted by Gasteiger charge is 2.20. The van der Waals surface area contributed by atoms with Crippen LogP contribution in [0.15, 0.2) is 127 Å². The maximum atomic E-state index is 2.42. The Kier molecular flexibility index (Phi) is 7.43. The van der Waals surface area contributed by atoms with Gasteiger partial charge in [-0.05, 0) is 107 Å². The van der Waals surface area contributed by atoms with Crippen LogP contribution >= 0.6 is 0 Å². The normalized spacial score (nSPS) is 15.8. The fourth-order valence-electron chi connectivity index (χ4n) is 7.05. The van der Waals surface area contributed by atoms with Crippen LogP contribution in [0.25, 0.3) is 22.3 Å². The van der Waals surface area contributed by atoms with Crippen LogP contribution in [0.1, 0.15) is 74.3 Å². The lowest BCUT2D eigenvalue weighted by atomic mass is 9.96. The van der Waals surface area contributed by atoms with Gasteiger partial charge in [0.1, 0.15) is 0 Å². The molecule has 0 unspecified atom stereocenters. The third-order valence-electron chi connectivity index (χ3n) is 9.41. The summed E-state index contributed by atoms with van der Waals surface area (Å²) in [4.78, 5) is 2.42. The van der Waals surface area contributed by atoms with Crippen molar-refractivity contribution in [1.82, 2.24) is 0 Å². The monoisotopic (exact) mass is 533 g/mol. The van der Waals surface area contributed by atoms with Crippen LogP contribution in [0.3, 0.4) is 0 Å². The molecule has 1 heteroatoms.